The molecule has 1 unspecified atom stereocenters. The molecule has 0 aliphatic carbocycles. The Morgan fingerprint density at radius 1 is 1.07 bits per heavy atom. The minimum absolute atomic E-state index is 0.223. The van der Waals surface area contributed by atoms with Crippen LogP contribution in [0.3, 0.4) is 0 Å². The number of carbonyl (C=O) groups excluding carboxylic acids is 1. The van der Waals surface area contributed by atoms with Crippen molar-refractivity contribution in [3.63, 3.8) is 0 Å². The van der Waals surface area contributed by atoms with Crippen LogP contribution in [-0.4, -0.2) is 75.5 Å². The van der Waals surface area contributed by atoms with Crippen molar-refractivity contribution >= 4 is 33.3 Å². The maximum absolute atomic E-state index is 13.2. The number of ether oxygens (including phenoxy) is 3. The summed E-state index contributed by atoms with van der Waals surface area (Å²) in [5, 5.41) is 0. The van der Waals surface area contributed by atoms with Gasteiger partial charge in [-0.3, -0.25) is 9.69 Å². The van der Waals surface area contributed by atoms with E-state index in [0.717, 1.165) is 78.7 Å². The number of hydroxylamine groups is 1. The molecule has 0 bridgehead atoms. The molecule has 12 heteroatoms. The lowest BCUT2D eigenvalue weighted by Gasteiger charge is -2.26. The van der Waals surface area contributed by atoms with E-state index in [1.165, 1.54) is 35.9 Å². The monoisotopic (exact) mass is 601 g/mol. The second kappa shape index (κ2) is 14.3. The van der Waals surface area contributed by atoms with Crippen LogP contribution in [0.25, 0.3) is 16.5 Å². The normalized spacial score (nSPS) is 18.5. The SMILES string of the molecule is O=C(/C=C/c1ccn(S(=O)(=O)c2ccc(-c3ccc(OCCCN4CCOCC4)cc3)s2)c1)NOC1CCCCO1. The number of hydrogen-bond acceptors (Lipinski definition) is 9. The Morgan fingerprint density at radius 2 is 1.90 bits per heavy atom. The Balaban J connectivity index is 1.12. The lowest BCUT2D eigenvalue weighted by atomic mass is 10.2. The molecule has 0 saturated carbocycles. The molecular formula is C29H35N3O7S2. The van der Waals surface area contributed by atoms with E-state index in [9.17, 15) is 13.2 Å². The molecule has 1 amide bonds. The molecule has 2 saturated heterocycles. The largest absolute Gasteiger partial charge is 0.494 e. The van der Waals surface area contributed by atoms with Gasteiger partial charge in [0.1, 0.15) is 9.96 Å². The second-order valence-electron chi connectivity index (χ2n) is 9.79. The molecule has 3 aromatic rings. The molecule has 0 spiro atoms. The number of rotatable bonds is 12. The fourth-order valence-electron chi connectivity index (χ4n) is 4.51. The first kappa shape index (κ1) is 29.5. The molecule has 10 nitrogen and oxygen atoms in total. The van der Waals surface area contributed by atoms with Gasteiger partial charge >= 0.3 is 0 Å². The summed E-state index contributed by atoms with van der Waals surface area (Å²) >= 11 is 1.20. The zero-order valence-corrected chi connectivity index (χ0v) is 24.4. The number of hydrogen-bond donors (Lipinski definition) is 1. The average molecular weight is 602 g/mol. The zero-order valence-electron chi connectivity index (χ0n) is 22.8. The van der Waals surface area contributed by atoms with E-state index in [1.54, 1.807) is 18.2 Å². The highest BCUT2D eigenvalue weighted by atomic mass is 32.2. The van der Waals surface area contributed by atoms with Gasteiger partial charge in [0.25, 0.3) is 15.9 Å². The van der Waals surface area contributed by atoms with Gasteiger partial charge in [0.2, 0.25) is 0 Å². The minimum Gasteiger partial charge on any atom is -0.494 e. The number of morpholine rings is 1. The topological polar surface area (TPSA) is 108 Å². The number of aromatic nitrogens is 1. The molecule has 2 aliphatic heterocycles. The van der Waals surface area contributed by atoms with E-state index in [4.69, 9.17) is 19.0 Å². The molecule has 2 aliphatic rings. The lowest BCUT2D eigenvalue weighted by Crippen LogP contribution is -2.37. The number of nitrogens with zero attached hydrogens (tertiary/aromatic N) is 2. The van der Waals surface area contributed by atoms with Crippen molar-refractivity contribution in [3.05, 3.63) is 66.5 Å². The molecule has 4 heterocycles. The van der Waals surface area contributed by atoms with Crippen molar-refractivity contribution in [2.24, 2.45) is 0 Å². The maximum atomic E-state index is 13.2. The van der Waals surface area contributed by atoms with Gasteiger partial charge in [-0.2, -0.15) is 8.42 Å². The molecule has 5 rings (SSSR count). The van der Waals surface area contributed by atoms with E-state index in [-0.39, 0.29) is 4.21 Å². The molecular weight excluding hydrogens is 566 g/mol. The summed E-state index contributed by atoms with van der Waals surface area (Å²) in [5.74, 6) is 0.331. The minimum atomic E-state index is -3.78. The van der Waals surface area contributed by atoms with E-state index in [0.29, 0.717) is 18.8 Å². The fourth-order valence-corrected chi connectivity index (χ4v) is 7.13. The molecule has 1 N–H and O–H groups in total. The van der Waals surface area contributed by atoms with Crippen LogP contribution in [0.4, 0.5) is 0 Å². The van der Waals surface area contributed by atoms with Crippen LogP contribution in [0.15, 0.2) is 65.1 Å². The lowest BCUT2D eigenvalue weighted by molar-refractivity contribution is -0.198. The van der Waals surface area contributed by atoms with E-state index < -0.39 is 22.2 Å². The second-order valence-corrected chi connectivity index (χ2v) is 12.9. The Labute approximate surface area is 244 Å². The summed E-state index contributed by atoms with van der Waals surface area (Å²) in [6.07, 6.45) is 8.95. The van der Waals surface area contributed by atoms with Gasteiger partial charge in [-0.05, 0) is 78.9 Å². The molecule has 2 fully saturated rings. The van der Waals surface area contributed by atoms with Gasteiger partial charge in [-0.25, -0.2) is 14.3 Å². The van der Waals surface area contributed by atoms with Gasteiger partial charge in [0.05, 0.1) is 19.8 Å². The first-order valence-corrected chi connectivity index (χ1v) is 16.1. The molecule has 0 radical (unpaired) electrons. The Kier molecular flexibility index (Phi) is 10.3. The van der Waals surface area contributed by atoms with Crippen molar-refractivity contribution in [3.8, 4) is 16.2 Å². The Bertz CT molecular complexity index is 1400. The average Bonchev–Trinajstić information content (AvgIpc) is 3.70. The van der Waals surface area contributed by atoms with Crippen molar-refractivity contribution in [1.29, 1.82) is 0 Å². The molecule has 1 atom stereocenters. The first-order chi connectivity index (χ1) is 20.0. The van der Waals surface area contributed by atoms with Crippen molar-refractivity contribution in [2.45, 2.75) is 36.2 Å². The summed E-state index contributed by atoms with van der Waals surface area (Å²) < 4.78 is 44.5. The summed E-state index contributed by atoms with van der Waals surface area (Å²) in [7, 11) is -3.78. The third kappa shape index (κ3) is 8.28. The Morgan fingerprint density at radius 3 is 2.68 bits per heavy atom. The van der Waals surface area contributed by atoms with Crippen LogP contribution < -0.4 is 10.2 Å². The van der Waals surface area contributed by atoms with Crippen LogP contribution in [0.2, 0.25) is 0 Å². The highest BCUT2D eigenvalue weighted by Gasteiger charge is 2.20. The van der Waals surface area contributed by atoms with Crippen LogP contribution in [0, 0.1) is 0 Å². The number of carbonyl (C=O) groups is 1. The first-order valence-electron chi connectivity index (χ1n) is 13.8. The zero-order chi connectivity index (χ0) is 28.5. The number of thiophene rings is 1. The third-order valence-electron chi connectivity index (χ3n) is 6.79. The van der Waals surface area contributed by atoms with Crippen LogP contribution in [0.1, 0.15) is 31.2 Å². The summed E-state index contributed by atoms with van der Waals surface area (Å²) in [6, 6.07) is 12.7. The highest BCUT2D eigenvalue weighted by Crippen LogP contribution is 2.33. The van der Waals surface area contributed by atoms with Gasteiger partial charge in [0.15, 0.2) is 6.29 Å². The van der Waals surface area contributed by atoms with Gasteiger partial charge in [-0.1, -0.05) is 0 Å². The quantitative estimate of drug-likeness (QED) is 0.188. The van der Waals surface area contributed by atoms with Crippen molar-refractivity contribution < 1.29 is 32.3 Å². The fraction of sp³-hybridized carbons (Fsp3) is 0.414. The predicted molar refractivity (Wildman–Crippen MR) is 156 cm³/mol. The van der Waals surface area contributed by atoms with Crippen LogP contribution in [-0.2, 0) is 29.1 Å². The maximum Gasteiger partial charge on any atom is 0.277 e. The summed E-state index contributed by atoms with van der Waals surface area (Å²) in [6.45, 7) is 5.79. The molecule has 1 aromatic carbocycles. The number of benzene rings is 1. The molecule has 2 aromatic heterocycles. The van der Waals surface area contributed by atoms with Gasteiger partial charge in [-0.15, -0.1) is 11.3 Å². The summed E-state index contributed by atoms with van der Waals surface area (Å²) in [5.41, 5.74) is 3.83. The van der Waals surface area contributed by atoms with Crippen molar-refractivity contribution in [2.75, 3.05) is 46.1 Å². The molecule has 41 heavy (non-hydrogen) atoms. The smallest absolute Gasteiger partial charge is 0.277 e. The number of nitrogens with one attached hydrogen (secondary N) is 1. The van der Waals surface area contributed by atoms with E-state index in [1.807, 2.05) is 24.3 Å². The van der Waals surface area contributed by atoms with Crippen molar-refractivity contribution in [1.82, 2.24) is 14.4 Å². The number of amides is 1. The van der Waals surface area contributed by atoms with Crippen LogP contribution >= 0.6 is 11.3 Å². The summed E-state index contributed by atoms with van der Waals surface area (Å²) in [4.78, 5) is 20.5. The Hall–Kier alpha value is -3.00. The van der Waals surface area contributed by atoms with E-state index in [2.05, 4.69) is 10.4 Å². The standard InChI is InChI=1S/C29H35N3O7S2/c33-27(30-39-28-4-1-2-18-38-28)11-5-23-13-15-32(22-23)41(34,35)29-12-10-26(40-29)24-6-8-25(9-7-24)37-19-3-14-31-16-20-36-21-17-31/h5-13,15,22,28H,1-4,14,16-21H2,(H,30,33)/b11-5+. The van der Waals surface area contributed by atoms with Gasteiger partial charge < -0.3 is 14.2 Å². The predicted octanol–water partition coefficient (Wildman–Crippen LogP) is 4.14. The van der Waals surface area contributed by atoms with Crippen LogP contribution in [0.5, 0.6) is 5.75 Å². The highest BCUT2D eigenvalue weighted by molar-refractivity contribution is 7.92. The molecule has 220 valence electrons. The van der Waals surface area contributed by atoms with Gasteiger partial charge in [0, 0.05) is 56.0 Å². The third-order valence-corrected chi connectivity index (χ3v) is 10.0. The van der Waals surface area contributed by atoms with E-state index >= 15 is 0 Å².